The number of hydrogen-bond donors (Lipinski definition) is 2. The molecule has 1 fully saturated rings. The summed E-state index contributed by atoms with van der Waals surface area (Å²) in [4.78, 5) is 16.7. The van der Waals surface area contributed by atoms with Crippen LogP contribution in [0.1, 0.15) is 25.3 Å². The lowest BCUT2D eigenvalue weighted by atomic mass is 10.0. The summed E-state index contributed by atoms with van der Waals surface area (Å²) in [6, 6.07) is 6.23. The van der Waals surface area contributed by atoms with E-state index in [-0.39, 0.29) is 5.91 Å². The third-order valence-corrected chi connectivity index (χ3v) is 4.51. The zero-order chi connectivity index (χ0) is 16.1. The Morgan fingerprint density at radius 2 is 2.09 bits per heavy atom. The second-order valence-electron chi connectivity index (χ2n) is 6.26. The van der Waals surface area contributed by atoms with Gasteiger partial charge in [-0.15, -0.1) is 0 Å². The molecule has 1 amide bonds. The third-order valence-electron chi connectivity index (χ3n) is 4.51. The number of benzene rings is 1. The Kier molecular flexibility index (Phi) is 5.80. The normalized spacial score (nSPS) is 16.9. The van der Waals surface area contributed by atoms with Gasteiger partial charge in [-0.25, -0.2) is 0 Å². The van der Waals surface area contributed by atoms with Crippen LogP contribution in [0.15, 0.2) is 18.2 Å². The van der Waals surface area contributed by atoms with Crippen molar-refractivity contribution in [2.75, 3.05) is 44.8 Å². The fraction of sp³-hybridized carbons (Fsp3) is 0.588. The van der Waals surface area contributed by atoms with Crippen LogP contribution in [-0.2, 0) is 11.2 Å². The van der Waals surface area contributed by atoms with Gasteiger partial charge < -0.3 is 16.0 Å². The van der Waals surface area contributed by atoms with Gasteiger partial charge in [0.25, 0.3) is 0 Å². The number of rotatable bonds is 5. The molecule has 0 saturated carbocycles. The van der Waals surface area contributed by atoms with Crippen LogP contribution in [0.3, 0.4) is 0 Å². The second-order valence-corrected chi connectivity index (χ2v) is 6.26. The molecule has 1 aliphatic heterocycles. The predicted molar refractivity (Wildman–Crippen MR) is 92.0 cm³/mol. The average molecular weight is 304 g/mol. The molecule has 1 aromatic rings. The first kappa shape index (κ1) is 16.8. The largest absolute Gasteiger partial charge is 0.398 e. The zero-order valence-electron chi connectivity index (χ0n) is 13.9. The number of carbonyl (C=O) groups is 1. The first-order valence-electron chi connectivity index (χ1n) is 8.06. The molecule has 5 heteroatoms. The molecule has 1 saturated heterocycles. The van der Waals surface area contributed by atoms with Gasteiger partial charge >= 0.3 is 0 Å². The van der Waals surface area contributed by atoms with Gasteiger partial charge in [-0.05, 0) is 64.1 Å². The highest BCUT2D eigenvalue weighted by molar-refractivity contribution is 5.92. The van der Waals surface area contributed by atoms with Gasteiger partial charge in [-0.2, -0.15) is 0 Å². The van der Waals surface area contributed by atoms with Crippen molar-refractivity contribution in [2.24, 2.45) is 0 Å². The number of likely N-dealkylation sites (tertiary alicyclic amines) is 1. The summed E-state index contributed by atoms with van der Waals surface area (Å²) in [5.41, 5.74) is 8.60. The van der Waals surface area contributed by atoms with Crippen LogP contribution in [0.5, 0.6) is 0 Å². The molecule has 0 bridgehead atoms. The molecule has 0 aliphatic carbocycles. The van der Waals surface area contributed by atoms with Gasteiger partial charge in [-0.1, -0.05) is 13.0 Å². The zero-order valence-corrected chi connectivity index (χ0v) is 13.9. The molecular formula is C17H28N4O. The molecule has 5 nitrogen and oxygen atoms in total. The molecule has 0 unspecified atom stereocenters. The van der Waals surface area contributed by atoms with Crippen LogP contribution < -0.4 is 11.1 Å². The topological polar surface area (TPSA) is 61.6 Å². The second kappa shape index (κ2) is 7.61. The lowest BCUT2D eigenvalue weighted by Crippen LogP contribution is -2.44. The molecule has 0 radical (unpaired) electrons. The van der Waals surface area contributed by atoms with Crippen molar-refractivity contribution in [3.63, 3.8) is 0 Å². The monoisotopic (exact) mass is 304 g/mol. The number of nitrogen functional groups attached to an aromatic ring is 1. The van der Waals surface area contributed by atoms with Crippen LogP contribution in [0, 0.1) is 0 Å². The fourth-order valence-corrected chi connectivity index (χ4v) is 2.99. The van der Waals surface area contributed by atoms with Crippen molar-refractivity contribution in [3.05, 3.63) is 23.8 Å². The summed E-state index contributed by atoms with van der Waals surface area (Å²) in [5, 5.41) is 2.94. The minimum Gasteiger partial charge on any atom is -0.398 e. The Hall–Kier alpha value is -1.59. The van der Waals surface area contributed by atoms with E-state index in [9.17, 15) is 4.79 Å². The average Bonchev–Trinajstić information content (AvgIpc) is 2.48. The highest BCUT2D eigenvalue weighted by Gasteiger charge is 2.21. The van der Waals surface area contributed by atoms with E-state index in [4.69, 9.17) is 5.73 Å². The van der Waals surface area contributed by atoms with E-state index in [0.717, 1.165) is 49.3 Å². The molecule has 1 aromatic carbocycles. The molecule has 1 aliphatic rings. The number of hydrogen-bond acceptors (Lipinski definition) is 4. The van der Waals surface area contributed by atoms with Crippen molar-refractivity contribution in [1.29, 1.82) is 0 Å². The summed E-state index contributed by atoms with van der Waals surface area (Å²) in [7, 11) is 4.18. The van der Waals surface area contributed by atoms with E-state index >= 15 is 0 Å². The Morgan fingerprint density at radius 3 is 2.68 bits per heavy atom. The molecule has 2 rings (SSSR count). The minimum atomic E-state index is 0.0186. The molecule has 1 heterocycles. The predicted octanol–water partition coefficient (Wildman–Crippen LogP) is 1.80. The van der Waals surface area contributed by atoms with Crippen molar-refractivity contribution < 1.29 is 4.79 Å². The molecular weight excluding hydrogens is 276 g/mol. The fourth-order valence-electron chi connectivity index (χ4n) is 2.99. The lowest BCUT2D eigenvalue weighted by Gasteiger charge is -2.34. The quantitative estimate of drug-likeness (QED) is 0.814. The maximum atomic E-state index is 12.2. The van der Waals surface area contributed by atoms with E-state index in [1.54, 1.807) is 0 Å². The summed E-state index contributed by atoms with van der Waals surface area (Å²) >= 11 is 0. The Labute approximate surface area is 133 Å². The SMILES string of the molecule is CCc1ccc(NC(=O)CN(C)C2CCN(C)CC2)cc1N. The number of amides is 1. The summed E-state index contributed by atoms with van der Waals surface area (Å²) < 4.78 is 0. The Morgan fingerprint density at radius 1 is 1.41 bits per heavy atom. The maximum Gasteiger partial charge on any atom is 0.238 e. The first-order chi connectivity index (χ1) is 10.5. The van der Waals surface area contributed by atoms with E-state index in [0.29, 0.717) is 12.6 Å². The molecule has 0 spiro atoms. The molecule has 22 heavy (non-hydrogen) atoms. The summed E-state index contributed by atoms with van der Waals surface area (Å²) in [5.74, 6) is 0.0186. The molecule has 3 N–H and O–H groups in total. The third kappa shape index (κ3) is 4.45. The molecule has 0 aromatic heterocycles. The van der Waals surface area contributed by atoms with Crippen molar-refractivity contribution in [1.82, 2.24) is 9.80 Å². The Balaban J connectivity index is 1.85. The van der Waals surface area contributed by atoms with Crippen molar-refractivity contribution >= 4 is 17.3 Å². The van der Waals surface area contributed by atoms with Crippen molar-refractivity contribution in [2.45, 2.75) is 32.2 Å². The number of nitrogens with one attached hydrogen (secondary N) is 1. The number of anilines is 2. The highest BCUT2D eigenvalue weighted by atomic mass is 16.2. The molecule has 0 atom stereocenters. The van der Waals surface area contributed by atoms with Crippen LogP contribution >= 0.6 is 0 Å². The number of aryl methyl sites for hydroxylation is 1. The number of likely N-dealkylation sites (N-methyl/N-ethyl adjacent to an activating group) is 1. The summed E-state index contributed by atoms with van der Waals surface area (Å²) in [6.45, 7) is 4.70. The van der Waals surface area contributed by atoms with Crippen molar-refractivity contribution in [3.8, 4) is 0 Å². The molecule has 122 valence electrons. The van der Waals surface area contributed by atoms with Gasteiger partial charge in [0.2, 0.25) is 5.91 Å². The van der Waals surface area contributed by atoms with E-state index < -0.39 is 0 Å². The highest BCUT2D eigenvalue weighted by Crippen LogP contribution is 2.19. The van der Waals surface area contributed by atoms with Gasteiger partial charge in [0.15, 0.2) is 0 Å². The van der Waals surface area contributed by atoms with Crippen LogP contribution in [0.4, 0.5) is 11.4 Å². The number of nitrogens with zero attached hydrogens (tertiary/aromatic N) is 2. The van der Waals surface area contributed by atoms with E-state index in [1.807, 2.05) is 25.2 Å². The van der Waals surface area contributed by atoms with Gasteiger partial charge in [0.1, 0.15) is 0 Å². The Bertz CT molecular complexity index is 509. The standard InChI is InChI=1S/C17H28N4O/c1-4-13-5-6-14(11-16(13)18)19-17(22)12-21(3)15-7-9-20(2)10-8-15/h5-6,11,15H,4,7-10,12,18H2,1-3H3,(H,19,22). The van der Waals surface area contributed by atoms with Gasteiger partial charge in [0, 0.05) is 17.4 Å². The van der Waals surface area contributed by atoms with Gasteiger partial charge in [0.05, 0.1) is 6.54 Å². The lowest BCUT2D eigenvalue weighted by molar-refractivity contribution is -0.117. The van der Waals surface area contributed by atoms with Gasteiger partial charge in [-0.3, -0.25) is 9.69 Å². The van der Waals surface area contributed by atoms with Crippen LogP contribution in [-0.4, -0.2) is 55.5 Å². The maximum absolute atomic E-state index is 12.2. The summed E-state index contributed by atoms with van der Waals surface area (Å²) in [6.07, 6.45) is 3.15. The van der Waals surface area contributed by atoms with E-state index in [2.05, 4.69) is 29.1 Å². The number of piperidine rings is 1. The first-order valence-corrected chi connectivity index (χ1v) is 8.06. The van der Waals surface area contributed by atoms with Crippen LogP contribution in [0.2, 0.25) is 0 Å². The number of nitrogens with two attached hydrogens (primary N) is 1. The van der Waals surface area contributed by atoms with Crippen LogP contribution in [0.25, 0.3) is 0 Å². The minimum absolute atomic E-state index is 0.0186. The smallest absolute Gasteiger partial charge is 0.238 e. The number of carbonyl (C=O) groups excluding carboxylic acids is 1. The van der Waals surface area contributed by atoms with E-state index in [1.165, 1.54) is 0 Å².